The number of anilines is 2. The van der Waals surface area contributed by atoms with Gasteiger partial charge in [-0.3, -0.25) is 0 Å². The number of nitrogens with one attached hydrogen (secondary N) is 1. The maximum absolute atomic E-state index is 12.6. The fourth-order valence-electron chi connectivity index (χ4n) is 0.903. The summed E-state index contributed by atoms with van der Waals surface area (Å²) in [6, 6.07) is 1.18. The first-order chi connectivity index (χ1) is 6.38. The molecule has 5 heteroatoms. The molecule has 1 heterocycles. The summed E-state index contributed by atoms with van der Waals surface area (Å²) in [7, 11) is 0. The highest BCUT2D eigenvalue weighted by molar-refractivity contribution is 5.60. The molecule has 0 aliphatic carbocycles. The highest BCUT2D eigenvalue weighted by Crippen LogP contribution is 2.16. The lowest BCUT2D eigenvalue weighted by molar-refractivity contribution is 0.0944. The van der Waals surface area contributed by atoms with Crippen molar-refractivity contribution in [3.05, 3.63) is 18.1 Å². The summed E-state index contributed by atoms with van der Waals surface area (Å²) in [4.78, 5) is 3.76. The molecule has 0 fully saturated rings. The summed E-state index contributed by atoms with van der Waals surface area (Å²) >= 11 is 0. The van der Waals surface area contributed by atoms with Gasteiger partial charge in [-0.1, -0.05) is 0 Å². The summed E-state index contributed by atoms with van der Waals surface area (Å²) < 4.78 is 12.6. The molecule has 0 spiro atoms. The topological polar surface area (TPSA) is 71.2 Å². The molecule has 1 aromatic rings. The first-order valence-electron chi connectivity index (χ1n) is 4.26. The van der Waals surface area contributed by atoms with Crippen molar-refractivity contribution in [3.8, 4) is 0 Å². The molecule has 4 nitrogen and oxygen atoms in total. The van der Waals surface area contributed by atoms with Crippen molar-refractivity contribution in [3.63, 3.8) is 0 Å². The minimum atomic E-state index is -0.859. The van der Waals surface area contributed by atoms with Crippen LogP contribution in [-0.4, -0.2) is 22.2 Å². The Kier molecular flexibility index (Phi) is 2.90. The van der Waals surface area contributed by atoms with Gasteiger partial charge in [-0.2, -0.15) is 0 Å². The van der Waals surface area contributed by atoms with Crippen LogP contribution in [0.15, 0.2) is 12.3 Å². The molecule has 1 rings (SSSR count). The van der Waals surface area contributed by atoms with E-state index in [-0.39, 0.29) is 5.69 Å². The van der Waals surface area contributed by atoms with E-state index in [2.05, 4.69) is 10.3 Å². The Morgan fingerprint density at radius 3 is 2.79 bits per heavy atom. The van der Waals surface area contributed by atoms with Gasteiger partial charge in [0.2, 0.25) is 0 Å². The van der Waals surface area contributed by atoms with Crippen molar-refractivity contribution >= 4 is 11.5 Å². The van der Waals surface area contributed by atoms with Crippen LogP contribution in [0.3, 0.4) is 0 Å². The maximum atomic E-state index is 12.6. The van der Waals surface area contributed by atoms with Crippen LogP contribution in [0.4, 0.5) is 15.9 Å². The van der Waals surface area contributed by atoms with Gasteiger partial charge in [-0.05, 0) is 13.8 Å². The predicted octanol–water partition coefficient (Wildman–Crippen LogP) is 0.986. The standard InChI is InChI=1S/C9H14FN3O/c1-9(2,14)5-13-8-7(11)3-6(10)4-12-8/h3-4,14H,5,11H2,1-2H3,(H,12,13). The summed E-state index contributed by atoms with van der Waals surface area (Å²) in [5.41, 5.74) is 4.88. The van der Waals surface area contributed by atoms with E-state index in [9.17, 15) is 9.50 Å². The summed E-state index contributed by atoms with van der Waals surface area (Å²) in [6.07, 6.45) is 1.07. The second-order valence-corrected chi connectivity index (χ2v) is 3.76. The highest BCUT2D eigenvalue weighted by atomic mass is 19.1. The van der Waals surface area contributed by atoms with Crippen molar-refractivity contribution in [2.75, 3.05) is 17.6 Å². The molecule has 0 atom stereocenters. The largest absolute Gasteiger partial charge is 0.396 e. The average molecular weight is 199 g/mol. The maximum Gasteiger partial charge on any atom is 0.149 e. The minimum Gasteiger partial charge on any atom is -0.396 e. The van der Waals surface area contributed by atoms with Gasteiger partial charge in [-0.15, -0.1) is 0 Å². The van der Waals surface area contributed by atoms with Gasteiger partial charge in [0.25, 0.3) is 0 Å². The van der Waals surface area contributed by atoms with Crippen LogP contribution >= 0.6 is 0 Å². The number of nitrogen functional groups attached to an aromatic ring is 1. The van der Waals surface area contributed by atoms with Crippen molar-refractivity contribution in [1.29, 1.82) is 0 Å². The Morgan fingerprint density at radius 1 is 1.64 bits per heavy atom. The van der Waals surface area contributed by atoms with Gasteiger partial charge < -0.3 is 16.2 Å². The van der Waals surface area contributed by atoms with Gasteiger partial charge in [0.1, 0.15) is 11.6 Å². The fraction of sp³-hybridized carbons (Fsp3) is 0.444. The zero-order chi connectivity index (χ0) is 10.8. The van der Waals surface area contributed by atoms with Gasteiger partial charge in [0, 0.05) is 12.6 Å². The van der Waals surface area contributed by atoms with E-state index in [1.165, 1.54) is 6.07 Å². The molecule has 78 valence electrons. The molecule has 0 amide bonds. The van der Waals surface area contributed by atoms with Crippen molar-refractivity contribution in [1.82, 2.24) is 4.98 Å². The molecule has 4 N–H and O–H groups in total. The van der Waals surface area contributed by atoms with E-state index < -0.39 is 11.4 Å². The Bertz CT molecular complexity index is 322. The van der Waals surface area contributed by atoms with Crippen LogP contribution in [0.1, 0.15) is 13.8 Å². The Balaban J connectivity index is 2.68. The number of aromatic nitrogens is 1. The average Bonchev–Trinajstić information content (AvgIpc) is 2.00. The molecule has 0 radical (unpaired) electrons. The molecule has 0 aliphatic rings. The highest BCUT2D eigenvalue weighted by Gasteiger charge is 2.13. The third kappa shape index (κ3) is 3.18. The molecule has 0 unspecified atom stereocenters. The van der Waals surface area contributed by atoms with E-state index in [4.69, 9.17) is 5.73 Å². The molecule has 0 saturated heterocycles. The minimum absolute atomic E-state index is 0.231. The van der Waals surface area contributed by atoms with Crippen LogP contribution in [-0.2, 0) is 0 Å². The molecule has 0 saturated carbocycles. The van der Waals surface area contributed by atoms with Gasteiger partial charge in [0.15, 0.2) is 0 Å². The molecule has 1 aromatic heterocycles. The number of aliphatic hydroxyl groups is 1. The first kappa shape index (κ1) is 10.7. The van der Waals surface area contributed by atoms with E-state index >= 15 is 0 Å². The number of nitrogens with two attached hydrogens (primary N) is 1. The second-order valence-electron chi connectivity index (χ2n) is 3.76. The van der Waals surface area contributed by atoms with Crippen molar-refractivity contribution < 1.29 is 9.50 Å². The Hall–Kier alpha value is -1.36. The number of rotatable bonds is 3. The van der Waals surface area contributed by atoms with E-state index in [1.54, 1.807) is 13.8 Å². The fourth-order valence-corrected chi connectivity index (χ4v) is 0.903. The van der Waals surface area contributed by atoms with E-state index in [1.807, 2.05) is 0 Å². The SMILES string of the molecule is CC(C)(O)CNc1ncc(F)cc1N. The molecular formula is C9H14FN3O. The molecule has 0 bridgehead atoms. The smallest absolute Gasteiger partial charge is 0.149 e. The third-order valence-electron chi connectivity index (χ3n) is 1.57. The van der Waals surface area contributed by atoms with Crippen molar-refractivity contribution in [2.45, 2.75) is 19.4 Å². The van der Waals surface area contributed by atoms with Crippen molar-refractivity contribution in [2.24, 2.45) is 0 Å². The van der Waals surface area contributed by atoms with Crippen LogP contribution in [0, 0.1) is 5.82 Å². The normalized spacial score (nSPS) is 11.4. The molecule has 0 aliphatic heterocycles. The van der Waals surface area contributed by atoms with E-state index in [0.717, 1.165) is 6.20 Å². The second kappa shape index (κ2) is 3.79. The zero-order valence-corrected chi connectivity index (χ0v) is 8.21. The summed E-state index contributed by atoms with van der Waals surface area (Å²) in [5, 5.41) is 12.2. The van der Waals surface area contributed by atoms with Gasteiger partial charge >= 0.3 is 0 Å². The van der Waals surface area contributed by atoms with Crippen LogP contribution in [0.2, 0.25) is 0 Å². The first-order valence-corrected chi connectivity index (χ1v) is 4.26. The molecule has 0 aromatic carbocycles. The monoisotopic (exact) mass is 199 g/mol. The lowest BCUT2D eigenvalue weighted by Gasteiger charge is -2.18. The number of halogens is 1. The Morgan fingerprint density at radius 2 is 2.29 bits per heavy atom. The van der Waals surface area contributed by atoms with Gasteiger partial charge in [-0.25, -0.2) is 9.37 Å². The molecular weight excluding hydrogens is 185 g/mol. The van der Waals surface area contributed by atoms with Gasteiger partial charge in [0.05, 0.1) is 17.5 Å². The van der Waals surface area contributed by atoms with E-state index in [0.29, 0.717) is 12.4 Å². The number of pyridine rings is 1. The quantitative estimate of drug-likeness (QED) is 0.678. The predicted molar refractivity (Wildman–Crippen MR) is 53.4 cm³/mol. The number of nitrogens with zero attached hydrogens (tertiary/aromatic N) is 1. The number of hydrogen-bond acceptors (Lipinski definition) is 4. The van der Waals surface area contributed by atoms with Crippen LogP contribution < -0.4 is 11.1 Å². The summed E-state index contributed by atoms with van der Waals surface area (Å²) in [6.45, 7) is 3.61. The lowest BCUT2D eigenvalue weighted by atomic mass is 10.1. The Labute approximate surface area is 82.0 Å². The zero-order valence-electron chi connectivity index (χ0n) is 8.21. The van der Waals surface area contributed by atoms with Crippen LogP contribution in [0.5, 0.6) is 0 Å². The summed E-state index contributed by atoms with van der Waals surface area (Å²) in [5.74, 6) is -0.0927. The van der Waals surface area contributed by atoms with Crippen LogP contribution in [0.25, 0.3) is 0 Å². The lowest BCUT2D eigenvalue weighted by Crippen LogP contribution is -2.29. The molecule has 14 heavy (non-hydrogen) atoms. The number of hydrogen-bond donors (Lipinski definition) is 3. The third-order valence-corrected chi connectivity index (χ3v) is 1.57.